The number of likely N-dealkylation sites (tertiary alicyclic amines) is 1. The van der Waals surface area contributed by atoms with E-state index in [1.807, 2.05) is 29.2 Å². The summed E-state index contributed by atoms with van der Waals surface area (Å²) >= 11 is 0. The first-order chi connectivity index (χ1) is 14.6. The lowest BCUT2D eigenvalue weighted by molar-refractivity contribution is -0.132. The third-order valence-electron chi connectivity index (χ3n) is 6.98. The molecule has 1 aromatic carbocycles. The summed E-state index contributed by atoms with van der Waals surface area (Å²) in [5.41, 5.74) is 1.87. The highest BCUT2D eigenvalue weighted by Gasteiger charge is 2.44. The first-order valence-electron chi connectivity index (χ1n) is 11.5. The summed E-state index contributed by atoms with van der Waals surface area (Å²) < 4.78 is 5.74. The average Bonchev–Trinajstić information content (AvgIpc) is 3.13. The van der Waals surface area contributed by atoms with Gasteiger partial charge in [0.2, 0.25) is 11.8 Å². The van der Waals surface area contributed by atoms with Crippen LogP contribution in [-0.4, -0.2) is 68.1 Å². The number of rotatable bonds is 6. The minimum absolute atomic E-state index is 0.0595. The molecule has 4 atom stereocenters. The van der Waals surface area contributed by atoms with Crippen molar-refractivity contribution in [2.45, 2.75) is 64.0 Å². The number of amides is 2. The molecule has 2 fully saturated rings. The lowest BCUT2D eigenvalue weighted by Crippen LogP contribution is -2.47. The number of fused-ring (bicyclic) bond motifs is 1. The van der Waals surface area contributed by atoms with E-state index in [1.54, 1.807) is 7.11 Å². The molecule has 2 aliphatic rings. The van der Waals surface area contributed by atoms with Crippen LogP contribution in [0.4, 0.5) is 5.69 Å². The third-order valence-corrected chi connectivity index (χ3v) is 6.98. The van der Waals surface area contributed by atoms with Gasteiger partial charge in [0.1, 0.15) is 0 Å². The summed E-state index contributed by atoms with van der Waals surface area (Å²) in [4.78, 5) is 29.6. The lowest BCUT2D eigenvalue weighted by Gasteiger charge is -2.40. The number of ether oxygens (including phenoxy) is 1. The SMILES string of the molecule is CO[C@@H]1C[C@H]2CN(C(=O)CCC(=O)Nc3ccccc3C(C)(C)C)C[C@H]2C[C@H]1N(C)C. The van der Waals surface area contributed by atoms with Crippen LogP contribution < -0.4 is 5.32 Å². The van der Waals surface area contributed by atoms with Crippen LogP contribution in [0.5, 0.6) is 0 Å². The van der Waals surface area contributed by atoms with Crippen molar-refractivity contribution < 1.29 is 14.3 Å². The third kappa shape index (κ3) is 5.66. The van der Waals surface area contributed by atoms with Crippen LogP contribution in [0, 0.1) is 11.8 Å². The van der Waals surface area contributed by atoms with Gasteiger partial charge in [-0.2, -0.15) is 0 Å². The van der Waals surface area contributed by atoms with Gasteiger partial charge in [-0.3, -0.25) is 9.59 Å². The molecule has 0 radical (unpaired) electrons. The van der Waals surface area contributed by atoms with Gasteiger partial charge in [-0.1, -0.05) is 39.0 Å². The van der Waals surface area contributed by atoms with Crippen molar-refractivity contribution in [2.75, 3.05) is 39.6 Å². The maximum absolute atomic E-state index is 12.8. The highest BCUT2D eigenvalue weighted by atomic mass is 16.5. The summed E-state index contributed by atoms with van der Waals surface area (Å²) in [6.07, 6.45) is 2.75. The van der Waals surface area contributed by atoms with E-state index in [0.29, 0.717) is 17.9 Å². The first-order valence-corrected chi connectivity index (χ1v) is 11.5. The van der Waals surface area contributed by atoms with Crippen molar-refractivity contribution in [1.82, 2.24) is 9.80 Å². The quantitative estimate of drug-likeness (QED) is 0.752. The Balaban J connectivity index is 1.53. The van der Waals surface area contributed by atoms with Crippen molar-refractivity contribution in [3.8, 4) is 0 Å². The molecule has 2 amide bonds. The van der Waals surface area contributed by atoms with Gasteiger partial charge in [-0.15, -0.1) is 0 Å². The van der Waals surface area contributed by atoms with E-state index in [9.17, 15) is 9.59 Å². The average molecular weight is 430 g/mol. The molecule has 0 unspecified atom stereocenters. The Labute approximate surface area is 187 Å². The molecular weight excluding hydrogens is 390 g/mol. The molecule has 6 nitrogen and oxygen atoms in total. The van der Waals surface area contributed by atoms with Gasteiger partial charge in [0.05, 0.1) is 6.10 Å². The molecule has 0 bridgehead atoms. The molecule has 1 aliphatic carbocycles. The second-order valence-corrected chi connectivity index (χ2v) is 10.4. The number of likely N-dealkylation sites (N-methyl/N-ethyl adjacent to an activating group) is 1. The van der Waals surface area contributed by atoms with Crippen LogP contribution in [0.3, 0.4) is 0 Å². The number of methoxy groups -OCH3 is 1. The predicted molar refractivity (Wildman–Crippen MR) is 124 cm³/mol. The Morgan fingerprint density at radius 3 is 2.35 bits per heavy atom. The molecule has 31 heavy (non-hydrogen) atoms. The van der Waals surface area contributed by atoms with Crippen LogP contribution in [0.1, 0.15) is 52.0 Å². The highest BCUT2D eigenvalue weighted by Crippen LogP contribution is 2.39. The molecule has 1 saturated heterocycles. The van der Waals surface area contributed by atoms with E-state index in [2.05, 4.69) is 45.1 Å². The molecule has 172 valence electrons. The smallest absolute Gasteiger partial charge is 0.224 e. The summed E-state index contributed by atoms with van der Waals surface area (Å²) in [5, 5.41) is 3.01. The number of nitrogens with zero attached hydrogens (tertiary/aromatic N) is 2. The zero-order chi connectivity index (χ0) is 22.8. The number of anilines is 1. The second kappa shape index (κ2) is 9.70. The number of nitrogens with one attached hydrogen (secondary N) is 1. The zero-order valence-corrected chi connectivity index (χ0v) is 20.0. The maximum atomic E-state index is 12.8. The van der Waals surface area contributed by atoms with Crippen LogP contribution in [0.25, 0.3) is 0 Å². The fourth-order valence-electron chi connectivity index (χ4n) is 5.23. The second-order valence-electron chi connectivity index (χ2n) is 10.4. The van der Waals surface area contributed by atoms with Crippen LogP contribution in [0.15, 0.2) is 24.3 Å². The lowest BCUT2D eigenvalue weighted by atomic mass is 9.77. The minimum Gasteiger partial charge on any atom is -0.380 e. The Morgan fingerprint density at radius 1 is 1.10 bits per heavy atom. The summed E-state index contributed by atoms with van der Waals surface area (Å²) in [7, 11) is 5.99. The van der Waals surface area contributed by atoms with E-state index in [-0.39, 0.29) is 36.2 Å². The van der Waals surface area contributed by atoms with E-state index in [4.69, 9.17) is 4.74 Å². The van der Waals surface area contributed by atoms with Gasteiger partial charge >= 0.3 is 0 Å². The molecule has 1 N–H and O–H groups in total. The molecule has 1 heterocycles. The predicted octanol–water partition coefficient (Wildman–Crippen LogP) is 3.52. The Morgan fingerprint density at radius 2 is 1.74 bits per heavy atom. The van der Waals surface area contributed by atoms with E-state index < -0.39 is 0 Å². The number of para-hydroxylation sites is 1. The van der Waals surface area contributed by atoms with Gasteiger partial charge in [-0.05, 0) is 55.8 Å². The Bertz CT molecular complexity index is 786. The Hall–Kier alpha value is -1.92. The van der Waals surface area contributed by atoms with Crippen molar-refractivity contribution in [3.05, 3.63) is 29.8 Å². The van der Waals surface area contributed by atoms with Crippen molar-refractivity contribution in [1.29, 1.82) is 0 Å². The number of hydrogen-bond donors (Lipinski definition) is 1. The Kier molecular flexibility index (Phi) is 7.43. The summed E-state index contributed by atoms with van der Waals surface area (Å²) in [6, 6.07) is 8.28. The monoisotopic (exact) mass is 429 g/mol. The topological polar surface area (TPSA) is 61.9 Å². The van der Waals surface area contributed by atoms with Crippen LogP contribution >= 0.6 is 0 Å². The van der Waals surface area contributed by atoms with Crippen LogP contribution in [0.2, 0.25) is 0 Å². The molecule has 0 aromatic heterocycles. The normalized spacial score (nSPS) is 26.1. The zero-order valence-electron chi connectivity index (χ0n) is 20.0. The van der Waals surface area contributed by atoms with Crippen molar-refractivity contribution in [3.63, 3.8) is 0 Å². The molecule has 0 spiro atoms. The molecule has 3 rings (SSSR count). The van der Waals surface area contributed by atoms with Crippen LogP contribution in [-0.2, 0) is 19.7 Å². The standard InChI is InChI=1S/C25H39N3O3/c1-25(2,3)19-9-7-8-10-20(19)26-23(29)11-12-24(30)28-15-17-13-21(27(4)5)22(31-6)14-18(17)16-28/h7-10,17-18,21-22H,11-16H2,1-6H3,(H,26,29)/t17-,18+,21-,22-/m1/s1. The van der Waals surface area contributed by atoms with Gasteiger partial charge in [-0.25, -0.2) is 0 Å². The van der Waals surface area contributed by atoms with Gasteiger partial charge in [0, 0.05) is 44.8 Å². The fraction of sp³-hybridized carbons (Fsp3) is 0.680. The van der Waals surface area contributed by atoms with Gasteiger partial charge < -0.3 is 19.9 Å². The molecule has 1 aliphatic heterocycles. The van der Waals surface area contributed by atoms with Crippen molar-refractivity contribution in [2.24, 2.45) is 11.8 Å². The van der Waals surface area contributed by atoms with Gasteiger partial charge in [0.15, 0.2) is 0 Å². The fourth-order valence-corrected chi connectivity index (χ4v) is 5.23. The number of carbonyl (C=O) groups excluding carboxylic acids is 2. The summed E-state index contributed by atoms with van der Waals surface area (Å²) in [6.45, 7) is 7.98. The number of carbonyl (C=O) groups is 2. The van der Waals surface area contributed by atoms with Crippen molar-refractivity contribution >= 4 is 17.5 Å². The molecule has 1 aromatic rings. The van der Waals surface area contributed by atoms with Gasteiger partial charge in [0.25, 0.3) is 0 Å². The maximum Gasteiger partial charge on any atom is 0.224 e. The minimum atomic E-state index is -0.103. The largest absolute Gasteiger partial charge is 0.380 e. The number of hydrogen-bond acceptors (Lipinski definition) is 4. The molecule has 1 saturated carbocycles. The van der Waals surface area contributed by atoms with E-state index in [0.717, 1.165) is 37.2 Å². The highest BCUT2D eigenvalue weighted by molar-refractivity contribution is 5.94. The molecular formula is C25H39N3O3. The molecule has 6 heteroatoms. The van der Waals surface area contributed by atoms with E-state index in [1.165, 1.54) is 0 Å². The number of benzene rings is 1. The summed E-state index contributed by atoms with van der Waals surface area (Å²) in [5.74, 6) is 1.01. The van der Waals surface area contributed by atoms with E-state index >= 15 is 0 Å². The first kappa shape index (κ1) is 23.7.